The second kappa shape index (κ2) is 5.82. The molecule has 0 aromatic heterocycles. The number of hydrogen-bond donors (Lipinski definition) is 1. The number of hydrogen-bond acceptors (Lipinski definition) is 2. The van der Waals surface area contributed by atoms with Crippen LogP contribution in [0.4, 0.5) is 0 Å². The minimum absolute atomic E-state index is 0.377. The van der Waals surface area contributed by atoms with Gasteiger partial charge in [-0.3, -0.25) is 10.3 Å². The van der Waals surface area contributed by atoms with Gasteiger partial charge in [-0.05, 0) is 12.5 Å². The molecule has 0 heterocycles. The lowest BCUT2D eigenvalue weighted by Crippen LogP contribution is -2.14. The summed E-state index contributed by atoms with van der Waals surface area (Å²) < 4.78 is 0. The fourth-order valence-electron chi connectivity index (χ4n) is 1.28. The van der Waals surface area contributed by atoms with Gasteiger partial charge in [-0.2, -0.15) is 5.26 Å². The largest absolute Gasteiger partial charge is 0.281 e. The van der Waals surface area contributed by atoms with Gasteiger partial charge in [0.15, 0.2) is 6.19 Å². The van der Waals surface area contributed by atoms with Crippen molar-refractivity contribution >= 4 is 5.84 Å². The van der Waals surface area contributed by atoms with Crippen molar-refractivity contribution in [1.29, 1.82) is 5.26 Å². The number of nitrogens with zero attached hydrogens (tertiary/aromatic N) is 2. The van der Waals surface area contributed by atoms with Crippen LogP contribution in [0.15, 0.2) is 35.3 Å². The first kappa shape index (κ1) is 11.3. The molecule has 0 spiro atoms. The van der Waals surface area contributed by atoms with E-state index < -0.39 is 0 Å². The first-order chi connectivity index (χ1) is 7.24. The number of nitrogens with one attached hydrogen (secondary N) is 1. The third kappa shape index (κ3) is 3.82. The lowest BCUT2D eigenvalue weighted by molar-refractivity contribution is 0.772. The van der Waals surface area contributed by atoms with Crippen molar-refractivity contribution in [1.82, 2.24) is 5.32 Å². The zero-order valence-corrected chi connectivity index (χ0v) is 9.07. The van der Waals surface area contributed by atoms with Gasteiger partial charge in [0.05, 0.1) is 0 Å². The second-order valence-corrected chi connectivity index (χ2v) is 3.47. The minimum Gasteiger partial charge on any atom is -0.281 e. The minimum atomic E-state index is 0.377. The average Bonchev–Trinajstić information content (AvgIpc) is 2.27. The number of aliphatic imine (C=N–C) groups is 1. The van der Waals surface area contributed by atoms with Crippen molar-refractivity contribution in [3.63, 3.8) is 0 Å². The van der Waals surface area contributed by atoms with E-state index in [-0.39, 0.29) is 0 Å². The van der Waals surface area contributed by atoms with Crippen LogP contribution in [0.3, 0.4) is 0 Å². The van der Waals surface area contributed by atoms with Gasteiger partial charge < -0.3 is 0 Å². The Labute approximate surface area is 90.5 Å². The van der Waals surface area contributed by atoms with Gasteiger partial charge in [-0.15, -0.1) is 0 Å². The SMILES string of the molecule is CC(=NCC(C)c1ccccc1)NC#N. The maximum Gasteiger partial charge on any atom is 0.182 e. The van der Waals surface area contributed by atoms with Gasteiger partial charge in [0.25, 0.3) is 0 Å². The number of amidine groups is 1. The molecule has 0 saturated heterocycles. The molecular weight excluding hydrogens is 186 g/mol. The highest BCUT2D eigenvalue weighted by molar-refractivity contribution is 5.80. The Balaban J connectivity index is 2.54. The summed E-state index contributed by atoms with van der Waals surface area (Å²) in [6.45, 7) is 4.62. The zero-order valence-electron chi connectivity index (χ0n) is 9.07. The molecule has 1 aromatic rings. The molecule has 78 valence electrons. The fourth-order valence-corrected chi connectivity index (χ4v) is 1.28. The Morgan fingerprint density at radius 3 is 2.73 bits per heavy atom. The summed E-state index contributed by atoms with van der Waals surface area (Å²) in [6.07, 6.45) is 1.85. The molecule has 0 fully saturated rings. The lowest BCUT2D eigenvalue weighted by Gasteiger charge is -2.08. The van der Waals surface area contributed by atoms with Crippen LogP contribution in [-0.2, 0) is 0 Å². The van der Waals surface area contributed by atoms with Crippen LogP contribution in [0.5, 0.6) is 0 Å². The van der Waals surface area contributed by atoms with E-state index >= 15 is 0 Å². The average molecular weight is 201 g/mol. The molecule has 1 rings (SSSR count). The molecule has 3 nitrogen and oxygen atoms in total. The lowest BCUT2D eigenvalue weighted by atomic mass is 10.0. The Morgan fingerprint density at radius 1 is 1.47 bits per heavy atom. The predicted octanol–water partition coefficient (Wildman–Crippen LogP) is 2.28. The monoisotopic (exact) mass is 201 g/mol. The standard InChI is InChI=1S/C12H15N3/c1-10(8-14-11(2)15-9-13)12-6-4-3-5-7-12/h3-7,10H,8H2,1-2H3,(H,14,15). The Morgan fingerprint density at radius 2 is 2.13 bits per heavy atom. The van der Waals surface area contributed by atoms with Crippen molar-refractivity contribution in [2.45, 2.75) is 19.8 Å². The number of benzene rings is 1. The molecule has 1 N–H and O–H groups in total. The van der Waals surface area contributed by atoms with E-state index in [9.17, 15) is 0 Å². The summed E-state index contributed by atoms with van der Waals surface area (Å²) in [4.78, 5) is 4.27. The topological polar surface area (TPSA) is 48.2 Å². The van der Waals surface area contributed by atoms with Crippen molar-refractivity contribution in [3.8, 4) is 6.19 Å². The van der Waals surface area contributed by atoms with Crippen molar-refractivity contribution < 1.29 is 0 Å². The molecule has 0 bridgehead atoms. The first-order valence-corrected chi connectivity index (χ1v) is 4.95. The molecular formula is C12H15N3. The third-order valence-corrected chi connectivity index (χ3v) is 2.21. The predicted molar refractivity (Wildman–Crippen MR) is 61.6 cm³/mol. The molecule has 0 aliphatic rings. The van der Waals surface area contributed by atoms with Gasteiger partial charge >= 0.3 is 0 Å². The molecule has 0 aliphatic heterocycles. The molecule has 0 radical (unpaired) electrons. The molecule has 15 heavy (non-hydrogen) atoms. The summed E-state index contributed by atoms with van der Waals surface area (Å²) >= 11 is 0. The van der Waals surface area contributed by atoms with E-state index in [1.807, 2.05) is 24.4 Å². The normalized spacial score (nSPS) is 13.0. The Hall–Kier alpha value is -1.82. The van der Waals surface area contributed by atoms with Gasteiger partial charge in [-0.25, -0.2) is 0 Å². The van der Waals surface area contributed by atoms with Crippen LogP contribution in [0.1, 0.15) is 25.3 Å². The molecule has 3 heteroatoms. The zero-order chi connectivity index (χ0) is 11.1. The van der Waals surface area contributed by atoms with Crippen LogP contribution in [0.2, 0.25) is 0 Å². The number of nitriles is 1. The van der Waals surface area contributed by atoms with Gasteiger partial charge in [-0.1, -0.05) is 37.3 Å². The van der Waals surface area contributed by atoms with Gasteiger partial charge in [0.1, 0.15) is 5.84 Å². The summed E-state index contributed by atoms with van der Waals surface area (Å²) in [5.74, 6) is 1.04. The fraction of sp³-hybridized carbons (Fsp3) is 0.333. The van der Waals surface area contributed by atoms with Crippen LogP contribution < -0.4 is 5.32 Å². The smallest absolute Gasteiger partial charge is 0.182 e. The second-order valence-electron chi connectivity index (χ2n) is 3.47. The van der Waals surface area contributed by atoms with Gasteiger partial charge in [0.2, 0.25) is 0 Å². The van der Waals surface area contributed by atoms with Crippen molar-refractivity contribution in [2.75, 3.05) is 6.54 Å². The molecule has 0 amide bonds. The van der Waals surface area contributed by atoms with E-state index in [0.717, 1.165) is 0 Å². The highest BCUT2D eigenvalue weighted by atomic mass is 15.0. The molecule has 1 atom stereocenters. The highest BCUT2D eigenvalue weighted by Gasteiger charge is 2.03. The summed E-state index contributed by atoms with van der Waals surface area (Å²) in [5.41, 5.74) is 1.27. The summed E-state index contributed by atoms with van der Waals surface area (Å²) in [7, 11) is 0. The van der Waals surface area contributed by atoms with Crippen LogP contribution in [0, 0.1) is 11.5 Å². The van der Waals surface area contributed by atoms with E-state index in [0.29, 0.717) is 18.3 Å². The maximum absolute atomic E-state index is 8.38. The number of rotatable bonds is 3. The van der Waals surface area contributed by atoms with Crippen LogP contribution in [0.25, 0.3) is 0 Å². The quantitative estimate of drug-likeness (QED) is 0.353. The summed E-state index contributed by atoms with van der Waals surface area (Å²) in [5, 5.41) is 10.9. The van der Waals surface area contributed by atoms with Crippen LogP contribution >= 0.6 is 0 Å². The molecule has 0 saturated carbocycles. The Bertz CT molecular complexity index is 362. The molecule has 1 unspecified atom stereocenters. The van der Waals surface area contributed by atoms with E-state index in [4.69, 9.17) is 5.26 Å². The van der Waals surface area contributed by atoms with E-state index in [1.165, 1.54) is 5.56 Å². The van der Waals surface area contributed by atoms with Crippen molar-refractivity contribution in [3.05, 3.63) is 35.9 Å². The van der Waals surface area contributed by atoms with E-state index in [2.05, 4.69) is 29.4 Å². The van der Waals surface area contributed by atoms with Crippen LogP contribution in [-0.4, -0.2) is 12.4 Å². The van der Waals surface area contributed by atoms with E-state index in [1.54, 1.807) is 6.92 Å². The molecule has 1 aromatic carbocycles. The summed E-state index contributed by atoms with van der Waals surface area (Å²) in [6, 6.07) is 10.2. The van der Waals surface area contributed by atoms with Crippen molar-refractivity contribution in [2.24, 2.45) is 4.99 Å². The van der Waals surface area contributed by atoms with Gasteiger partial charge in [0, 0.05) is 12.5 Å². The third-order valence-electron chi connectivity index (χ3n) is 2.21. The first-order valence-electron chi connectivity index (χ1n) is 4.95. The maximum atomic E-state index is 8.38. The molecule has 0 aliphatic carbocycles. The highest BCUT2D eigenvalue weighted by Crippen LogP contribution is 2.14. The Kier molecular flexibility index (Phi) is 4.36.